The van der Waals surface area contributed by atoms with E-state index >= 15 is 0 Å². The van der Waals surface area contributed by atoms with Crippen molar-refractivity contribution in [2.24, 2.45) is 0 Å². The summed E-state index contributed by atoms with van der Waals surface area (Å²) in [4.78, 5) is 0. The van der Waals surface area contributed by atoms with E-state index in [-0.39, 0.29) is 0 Å². The number of hydrogen-bond acceptors (Lipinski definition) is 5. The van der Waals surface area contributed by atoms with Crippen molar-refractivity contribution < 1.29 is 0 Å². The smallest absolute Gasteiger partial charge is 0.105 e. The highest BCUT2D eigenvalue weighted by Crippen LogP contribution is 2.66. The molecule has 0 radical (unpaired) electrons. The predicted octanol–water partition coefficient (Wildman–Crippen LogP) is 6.69. The molecule has 0 amide bonds. The number of rotatable bonds is 0. The first-order chi connectivity index (χ1) is 9.81. The molecule has 2 atom stereocenters. The molecule has 0 saturated carbocycles. The van der Waals surface area contributed by atoms with E-state index < -0.39 is 0 Å². The lowest BCUT2D eigenvalue weighted by Gasteiger charge is -2.25. The van der Waals surface area contributed by atoms with E-state index in [4.69, 9.17) is 12.2 Å². The van der Waals surface area contributed by atoms with Gasteiger partial charge in [-0.1, -0.05) is 48.6 Å². The Morgan fingerprint density at radius 2 is 1.35 bits per heavy atom. The fraction of sp³-hybridized carbons (Fsp3) is 0.133. The Labute approximate surface area is 138 Å². The summed E-state index contributed by atoms with van der Waals surface area (Å²) in [7, 11) is 0. The average molecular weight is 349 g/mol. The van der Waals surface area contributed by atoms with Gasteiger partial charge in [0.1, 0.15) is 3.14 Å². The summed E-state index contributed by atoms with van der Waals surface area (Å²) in [5.74, 6) is 0. The summed E-state index contributed by atoms with van der Waals surface area (Å²) < 4.78 is 3.91. The summed E-state index contributed by atoms with van der Waals surface area (Å²) in [6.07, 6.45) is 0. The zero-order chi connectivity index (χ0) is 13.3. The molecule has 1 aliphatic carbocycles. The fourth-order valence-corrected chi connectivity index (χ4v) is 10.1. The predicted molar refractivity (Wildman–Crippen MR) is 94.2 cm³/mol. The second-order valence-corrected chi connectivity index (χ2v) is 10.9. The molecule has 0 spiro atoms. The van der Waals surface area contributed by atoms with Crippen molar-refractivity contribution in [2.45, 2.75) is 18.9 Å². The van der Waals surface area contributed by atoms with Crippen LogP contribution in [-0.4, -0.2) is 0 Å². The molecule has 5 rings (SSSR count). The van der Waals surface area contributed by atoms with E-state index in [1.807, 2.05) is 23.5 Å². The lowest BCUT2D eigenvalue weighted by molar-refractivity contribution is 0.951. The number of hydrogen-bond donors (Lipinski definition) is 0. The van der Waals surface area contributed by atoms with Gasteiger partial charge in [-0.05, 0) is 21.9 Å². The standard InChI is InChI=1S/C15H8S5/c16-15-19-13-14(20-15)18-12-9-6-2-4-7-3-1-5-8(10(7)9)11(12)17-13/h1-6,11-12H. The Balaban J connectivity index is 1.78. The third-order valence-corrected chi connectivity index (χ3v) is 10.1. The maximum atomic E-state index is 5.36. The minimum Gasteiger partial charge on any atom is -0.105 e. The summed E-state index contributed by atoms with van der Waals surface area (Å²) in [6.45, 7) is 0. The summed E-state index contributed by atoms with van der Waals surface area (Å²) in [5.41, 5.74) is 3.02. The van der Waals surface area contributed by atoms with E-state index in [2.05, 4.69) is 36.4 Å². The zero-order valence-corrected chi connectivity index (χ0v) is 14.2. The molecule has 2 aliphatic rings. The van der Waals surface area contributed by atoms with Gasteiger partial charge in [-0.25, -0.2) is 0 Å². The molecule has 1 aliphatic heterocycles. The van der Waals surface area contributed by atoms with Crippen LogP contribution < -0.4 is 0 Å². The van der Waals surface area contributed by atoms with Gasteiger partial charge < -0.3 is 0 Å². The van der Waals surface area contributed by atoms with E-state index in [9.17, 15) is 0 Å². The van der Waals surface area contributed by atoms with E-state index in [0.29, 0.717) is 10.5 Å². The first kappa shape index (κ1) is 12.2. The van der Waals surface area contributed by atoms with Crippen molar-refractivity contribution in [2.75, 3.05) is 0 Å². The van der Waals surface area contributed by atoms with Gasteiger partial charge in [-0.15, -0.1) is 46.2 Å². The van der Waals surface area contributed by atoms with Crippen LogP contribution in [0.25, 0.3) is 10.8 Å². The molecule has 3 aromatic rings. The largest absolute Gasteiger partial charge is 0.145 e. The Bertz CT molecular complexity index is 837. The van der Waals surface area contributed by atoms with E-state index in [0.717, 1.165) is 3.14 Å². The van der Waals surface area contributed by atoms with Crippen LogP contribution in [-0.2, 0) is 0 Å². The van der Waals surface area contributed by atoms with Crippen molar-refractivity contribution in [1.29, 1.82) is 0 Å². The molecule has 20 heavy (non-hydrogen) atoms. The maximum absolute atomic E-state index is 5.36. The molecule has 0 nitrogen and oxygen atoms in total. The zero-order valence-electron chi connectivity index (χ0n) is 10.2. The molecule has 0 saturated heterocycles. The monoisotopic (exact) mass is 348 g/mol. The molecule has 1 aromatic heterocycles. The maximum Gasteiger partial charge on any atom is 0.145 e. The van der Waals surface area contributed by atoms with Crippen LogP contribution in [0.4, 0.5) is 0 Å². The third kappa shape index (κ3) is 1.58. The fourth-order valence-electron chi connectivity index (χ4n) is 3.08. The lowest BCUT2D eigenvalue weighted by atomic mass is 10.1. The van der Waals surface area contributed by atoms with E-state index in [1.54, 1.807) is 22.7 Å². The molecular formula is C15H8S5. The molecule has 2 aromatic carbocycles. The van der Waals surface area contributed by atoms with Crippen molar-refractivity contribution in [3.8, 4) is 0 Å². The first-order valence-electron chi connectivity index (χ1n) is 6.30. The normalized spacial score (nSPS) is 22.8. The molecule has 0 fully saturated rings. The van der Waals surface area contributed by atoms with Crippen molar-refractivity contribution >= 4 is 69.2 Å². The quantitative estimate of drug-likeness (QED) is 0.416. The highest BCUT2D eigenvalue weighted by molar-refractivity contribution is 8.08. The van der Waals surface area contributed by atoms with Gasteiger partial charge in [0.05, 0.1) is 18.9 Å². The van der Waals surface area contributed by atoms with Gasteiger partial charge >= 0.3 is 0 Å². The van der Waals surface area contributed by atoms with Crippen molar-refractivity contribution in [3.05, 3.63) is 50.7 Å². The van der Waals surface area contributed by atoms with Gasteiger partial charge in [-0.2, -0.15) is 0 Å². The molecular weight excluding hydrogens is 341 g/mol. The topological polar surface area (TPSA) is 0 Å². The van der Waals surface area contributed by atoms with Gasteiger partial charge in [-0.3, -0.25) is 0 Å². The molecule has 0 N–H and O–H groups in total. The van der Waals surface area contributed by atoms with Crippen LogP contribution >= 0.6 is 58.4 Å². The summed E-state index contributed by atoms with van der Waals surface area (Å²) >= 11 is 13.0. The Morgan fingerprint density at radius 3 is 1.90 bits per heavy atom. The molecule has 5 heteroatoms. The lowest BCUT2D eigenvalue weighted by Crippen LogP contribution is -2.01. The number of benzene rings is 2. The van der Waals surface area contributed by atoms with Crippen LogP contribution in [0.2, 0.25) is 0 Å². The number of thioether (sulfide) groups is 2. The Morgan fingerprint density at radius 1 is 0.800 bits per heavy atom. The Kier molecular flexibility index (Phi) is 2.65. The SMILES string of the molecule is S=c1sc2c(s1)SC1c3cccc4cccc(c34)C1S2. The van der Waals surface area contributed by atoms with Gasteiger partial charge in [0.2, 0.25) is 0 Å². The van der Waals surface area contributed by atoms with Crippen LogP contribution in [0.3, 0.4) is 0 Å². The van der Waals surface area contributed by atoms with Gasteiger partial charge in [0, 0.05) is 0 Å². The number of fused-ring (bicyclic) bond motifs is 4. The average Bonchev–Trinajstić information content (AvgIpc) is 2.97. The van der Waals surface area contributed by atoms with Gasteiger partial charge in [0.15, 0.2) is 0 Å². The Hall–Kier alpha value is -0.330. The van der Waals surface area contributed by atoms with Crippen LogP contribution in [0, 0.1) is 3.14 Å². The minimum atomic E-state index is 0.550. The van der Waals surface area contributed by atoms with Crippen LogP contribution in [0.5, 0.6) is 0 Å². The van der Waals surface area contributed by atoms with Crippen molar-refractivity contribution in [3.63, 3.8) is 0 Å². The molecule has 2 heterocycles. The van der Waals surface area contributed by atoms with Crippen LogP contribution in [0.15, 0.2) is 44.8 Å². The first-order valence-corrected chi connectivity index (χ1v) is 10.1. The molecule has 0 bridgehead atoms. The summed E-state index contributed by atoms with van der Waals surface area (Å²) in [5, 5.41) is 3.97. The second kappa shape index (κ2) is 4.34. The highest BCUT2D eigenvalue weighted by atomic mass is 32.2. The van der Waals surface area contributed by atoms with Crippen molar-refractivity contribution in [1.82, 2.24) is 0 Å². The molecule has 2 unspecified atom stereocenters. The minimum absolute atomic E-state index is 0.550. The summed E-state index contributed by atoms with van der Waals surface area (Å²) in [6, 6.07) is 13.5. The van der Waals surface area contributed by atoms with E-state index in [1.165, 1.54) is 30.3 Å². The second-order valence-electron chi connectivity index (χ2n) is 4.90. The third-order valence-electron chi connectivity index (χ3n) is 3.84. The highest BCUT2D eigenvalue weighted by Gasteiger charge is 2.40. The molecule has 98 valence electrons. The van der Waals surface area contributed by atoms with Gasteiger partial charge in [0.25, 0.3) is 0 Å². The van der Waals surface area contributed by atoms with Crippen LogP contribution in [0.1, 0.15) is 21.6 Å².